The van der Waals surface area contributed by atoms with Crippen LogP contribution in [0.3, 0.4) is 0 Å². The fourth-order valence-corrected chi connectivity index (χ4v) is 2.11. The van der Waals surface area contributed by atoms with E-state index in [0.717, 1.165) is 12.8 Å². The van der Waals surface area contributed by atoms with Crippen LogP contribution in [0.1, 0.15) is 30.5 Å². The fraction of sp³-hybridized carbons (Fsp3) is 0.417. The molecule has 0 heterocycles. The minimum atomic E-state index is -0.269. The molecule has 0 aromatic heterocycles. The number of carbonyl (C=O) groups is 1. The molecule has 0 unspecified atom stereocenters. The Balaban J connectivity index is 0.00000128. The van der Waals surface area contributed by atoms with Crippen LogP contribution in [0, 0.1) is 0 Å². The predicted octanol–water partition coefficient (Wildman–Crippen LogP) is 2.24. The Morgan fingerprint density at radius 1 is 1.50 bits per heavy atom. The molecule has 1 aromatic carbocycles. The van der Waals surface area contributed by atoms with E-state index in [-0.39, 0.29) is 18.4 Å². The van der Waals surface area contributed by atoms with Crippen LogP contribution in [0.5, 0.6) is 5.75 Å². The van der Waals surface area contributed by atoms with Crippen molar-refractivity contribution in [3.8, 4) is 5.75 Å². The maximum Gasteiger partial charge on any atom is 0.308 e. The van der Waals surface area contributed by atoms with Crippen LogP contribution in [0.4, 0.5) is 0 Å². The molecule has 0 aliphatic heterocycles. The van der Waals surface area contributed by atoms with E-state index in [0.29, 0.717) is 11.8 Å². The molecule has 0 spiro atoms. The molecule has 1 N–H and O–H groups in total. The summed E-state index contributed by atoms with van der Waals surface area (Å²) in [6.45, 7) is 1.42. The first-order valence-corrected chi connectivity index (χ1v) is 5.19. The summed E-state index contributed by atoms with van der Waals surface area (Å²) in [7, 11) is 1.96. The highest BCUT2D eigenvalue weighted by molar-refractivity contribution is 5.85. The molecule has 88 valence electrons. The number of benzene rings is 1. The Morgan fingerprint density at radius 2 is 2.25 bits per heavy atom. The summed E-state index contributed by atoms with van der Waals surface area (Å²) in [5.74, 6) is 0.373. The van der Waals surface area contributed by atoms with Gasteiger partial charge in [0.25, 0.3) is 0 Å². The van der Waals surface area contributed by atoms with Gasteiger partial charge in [-0.15, -0.1) is 12.4 Å². The molecule has 0 amide bonds. The van der Waals surface area contributed by atoms with E-state index >= 15 is 0 Å². The summed E-state index contributed by atoms with van der Waals surface area (Å²) >= 11 is 0. The molecule has 1 atom stereocenters. The van der Waals surface area contributed by atoms with Crippen molar-refractivity contribution in [2.24, 2.45) is 0 Å². The van der Waals surface area contributed by atoms with Crippen LogP contribution >= 0.6 is 12.4 Å². The Labute approximate surface area is 102 Å². The van der Waals surface area contributed by atoms with Gasteiger partial charge in [0.1, 0.15) is 5.75 Å². The van der Waals surface area contributed by atoms with E-state index in [1.807, 2.05) is 25.2 Å². The number of hydrogen-bond donors (Lipinski definition) is 1. The zero-order valence-electron chi connectivity index (χ0n) is 9.45. The van der Waals surface area contributed by atoms with E-state index in [2.05, 4.69) is 5.32 Å². The number of carbonyl (C=O) groups excluding carboxylic acids is 1. The number of rotatable bonds is 2. The van der Waals surface area contributed by atoms with Gasteiger partial charge in [0, 0.05) is 13.0 Å². The highest BCUT2D eigenvalue weighted by Crippen LogP contribution is 2.33. The third-order valence-corrected chi connectivity index (χ3v) is 2.81. The number of aryl methyl sites for hydroxylation is 1. The average Bonchev–Trinajstić information content (AvgIpc) is 2.59. The summed E-state index contributed by atoms with van der Waals surface area (Å²) in [4.78, 5) is 10.8. The lowest BCUT2D eigenvalue weighted by atomic mass is 10.1. The second-order valence-corrected chi connectivity index (χ2v) is 3.83. The first kappa shape index (κ1) is 13.0. The molecule has 0 radical (unpaired) electrons. The summed E-state index contributed by atoms with van der Waals surface area (Å²) in [6, 6.07) is 6.27. The van der Waals surface area contributed by atoms with Gasteiger partial charge in [-0.05, 0) is 43.1 Å². The highest BCUT2D eigenvalue weighted by atomic mass is 35.5. The number of halogens is 1. The first-order chi connectivity index (χ1) is 7.20. The molecule has 3 nitrogen and oxygen atoms in total. The lowest BCUT2D eigenvalue weighted by Crippen LogP contribution is -2.13. The Morgan fingerprint density at radius 3 is 2.88 bits per heavy atom. The van der Waals surface area contributed by atoms with Gasteiger partial charge >= 0.3 is 5.97 Å². The fourth-order valence-electron chi connectivity index (χ4n) is 2.11. The van der Waals surface area contributed by atoms with Crippen molar-refractivity contribution in [1.29, 1.82) is 0 Å². The Bertz CT molecular complexity index is 393. The van der Waals surface area contributed by atoms with Crippen LogP contribution in [0.15, 0.2) is 18.2 Å². The van der Waals surface area contributed by atoms with Crippen molar-refractivity contribution < 1.29 is 9.53 Å². The van der Waals surface area contributed by atoms with Crippen molar-refractivity contribution in [3.63, 3.8) is 0 Å². The van der Waals surface area contributed by atoms with Gasteiger partial charge in [0.15, 0.2) is 0 Å². The van der Waals surface area contributed by atoms with Gasteiger partial charge in [0.2, 0.25) is 0 Å². The van der Waals surface area contributed by atoms with Crippen molar-refractivity contribution in [3.05, 3.63) is 29.3 Å². The SMILES string of the molecule is CN[C@@H]1CCc2ccc(OC(C)=O)cc21.Cl. The maximum atomic E-state index is 10.8. The molecule has 16 heavy (non-hydrogen) atoms. The number of ether oxygens (including phenoxy) is 1. The lowest BCUT2D eigenvalue weighted by molar-refractivity contribution is -0.131. The van der Waals surface area contributed by atoms with E-state index in [4.69, 9.17) is 4.74 Å². The third kappa shape index (κ3) is 2.54. The molecule has 1 aliphatic rings. The van der Waals surface area contributed by atoms with Gasteiger partial charge < -0.3 is 10.1 Å². The summed E-state index contributed by atoms with van der Waals surface area (Å²) in [5, 5.41) is 3.26. The molecule has 4 heteroatoms. The molecule has 1 aliphatic carbocycles. The zero-order valence-corrected chi connectivity index (χ0v) is 10.3. The van der Waals surface area contributed by atoms with Crippen molar-refractivity contribution >= 4 is 18.4 Å². The Kier molecular flexibility index (Phi) is 4.33. The van der Waals surface area contributed by atoms with Gasteiger partial charge in [-0.25, -0.2) is 0 Å². The number of hydrogen-bond acceptors (Lipinski definition) is 3. The quantitative estimate of drug-likeness (QED) is 0.638. The second kappa shape index (κ2) is 5.32. The van der Waals surface area contributed by atoms with Gasteiger partial charge in [-0.3, -0.25) is 4.79 Å². The predicted molar refractivity (Wildman–Crippen MR) is 65.1 cm³/mol. The minimum absolute atomic E-state index is 0. The van der Waals surface area contributed by atoms with Crippen LogP contribution in [-0.4, -0.2) is 13.0 Å². The maximum absolute atomic E-state index is 10.8. The molecule has 0 bridgehead atoms. The molecular weight excluding hydrogens is 226 g/mol. The molecule has 0 fully saturated rings. The van der Waals surface area contributed by atoms with Crippen LogP contribution in [0.2, 0.25) is 0 Å². The summed E-state index contributed by atoms with van der Waals surface area (Å²) < 4.78 is 5.07. The second-order valence-electron chi connectivity index (χ2n) is 3.83. The third-order valence-electron chi connectivity index (χ3n) is 2.81. The van der Waals surface area contributed by atoms with E-state index < -0.39 is 0 Å². The normalized spacial score (nSPS) is 17.5. The van der Waals surface area contributed by atoms with Gasteiger partial charge in [-0.1, -0.05) is 6.07 Å². The van der Waals surface area contributed by atoms with E-state index in [9.17, 15) is 4.79 Å². The first-order valence-electron chi connectivity index (χ1n) is 5.19. The number of esters is 1. The van der Waals surface area contributed by atoms with Crippen molar-refractivity contribution in [2.75, 3.05) is 7.05 Å². The van der Waals surface area contributed by atoms with Crippen LogP contribution in [-0.2, 0) is 11.2 Å². The smallest absolute Gasteiger partial charge is 0.308 e. The molecule has 1 aromatic rings. The molecular formula is C12H16ClNO2. The molecule has 0 saturated carbocycles. The summed E-state index contributed by atoms with van der Waals surface area (Å²) in [5.41, 5.74) is 2.61. The number of nitrogens with one attached hydrogen (secondary N) is 1. The standard InChI is InChI=1S/C12H15NO2.ClH/c1-8(14)15-10-5-3-9-4-6-12(13-2)11(9)7-10;/h3,5,7,12-13H,4,6H2,1-2H3;1H/t12-;/m1./s1. The molecule has 2 rings (SSSR count). The van der Waals surface area contributed by atoms with Gasteiger partial charge in [0.05, 0.1) is 0 Å². The number of fused-ring (bicyclic) bond motifs is 1. The van der Waals surface area contributed by atoms with Gasteiger partial charge in [-0.2, -0.15) is 0 Å². The largest absolute Gasteiger partial charge is 0.427 e. The van der Waals surface area contributed by atoms with E-state index in [1.165, 1.54) is 18.1 Å². The zero-order chi connectivity index (χ0) is 10.8. The Hall–Kier alpha value is -1.06. The topological polar surface area (TPSA) is 38.3 Å². The van der Waals surface area contributed by atoms with Crippen LogP contribution < -0.4 is 10.1 Å². The van der Waals surface area contributed by atoms with Crippen molar-refractivity contribution in [2.45, 2.75) is 25.8 Å². The highest BCUT2D eigenvalue weighted by Gasteiger charge is 2.21. The minimum Gasteiger partial charge on any atom is -0.427 e. The lowest BCUT2D eigenvalue weighted by Gasteiger charge is -2.11. The summed E-state index contributed by atoms with van der Waals surface area (Å²) in [6.07, 6.45) is 2.22. The van der Waals surface area contributed by atoms with Crippen molar-refractivity contribution in [1.82, 2.24) is 5.32 Å². The average molecular weight is 242 g/mol. The monoisotopic (exact) mass is 241 g/mol. The van der Waals surface area contributed by atoms with Crippen LogP contribution in [0.25, 0.3) is 0 Å². The van der Waals surface area contributed by atoms with E-state index in [1.54, 1.807) is 0 Å². The molecule has 0 saturated heterocycles.